The molecule has 7 heteroatoms. The molecule has 0 spiro atoms. The van der Waals surface area contributed by atoms with Crippen LogP contribution in [-0.2, 0) is 6.54 Å². The number of methoxy groups -OCH3 is 1. The van der Waals surface area contributed by atoms with E-state index < -0.39 is 0 Å². The zero-order valence-electron chi connectivity index (χ0n) is 14.5. The van der Waals surface area contributed by atoms with Crippen LogP contribution in [0.1, 0.15) is 29.8 Å². The van der Waals surface area contributed by atoms with Gasteiger partial charge in [-0.15, -0.1) is 11.8 Å². The normalized spacial score (nSPS) is 10.4. The van der Waals surface area contributed by atoms with Gasteiger partial charge in [-0.05, 0) is 42.5 Å². The average Bonchev–Trinajstić information content (AvgIpc) is 2.62. The third kappa shape index (κ3) is 5.28. The van der Waals surface area contributed by atoms with Gasteiger partial charge in [0.2, 0.25) is 0 Å². The molecule has 0 aliphatic rings. The van der Waals surface area contributed by atoms with Gasteiger partial charge in [0.25, 0.3) is 5.91 Å². The molecule has 0 aliphatic carbocycles. The number of hydrogen-bond acceptors (Lipinski definition) is 5. The first-order valence-electron chi connectivity index (χ1n) is 7.95. The van der Waals surface area contributed by atoms with Gasteiger partial charge in [0.15, 0.2) is 11.5 Å². The second-order valence-electron chi connectivity index (χ2n) is 5.04. The van der Waals surface area contributed by atoms with Gasteiger partial charge in [-0.1, -0.05) is 18.5 Å². The highest BCUT2D eigenvalue weighted by Gasteiger charge is 2.13. The fourth-order valence-corrected chi connectivity index (χ4v) is 3.15. The maximum absolute atomic E-state index is 12.3. The maximum Gasteiger partial charge on any atom is 0.251 e. The summed E-state index contributed by atoms with van der Waals surface area (Å²) in [5.74, 6) is 1.80. The van der Waals surface area contributed by atoms with Crippen LogP contribution < -0.4 is 14.8 Å². The highest BCUT2D eigenvalue weighted by Crippen LogP contribution is 2.36. The number of carbonyl (C=O) groups is 1. The predicted molar refractivity (Wildman–Crippen MR) is 101 cm³/mol. The Morgan fingerprint density at radius 1 is 1.32 bits per heavy atom. The van der Waals surface area contributed by atoms with Crippen LogP contribution in [0.25, 0.3) is 0 Å². The van der Waals surface area contributed by atoms with Gasteiger partial charge in [0, 0.05) is 18.3 Å². The van der Waals surface area contributed by atoms with Crippen LogP contribution in [0.4, 0.5) is 0 Å². The van der Waals surface area contributed by atoms with Crippen molar-refractivity contribution in [1.82, 2.24) is 10.3 Å². The van der Waals surface area contributed by atoms with E-state index in [4.69, 9.17) is 21.1 Å². The van der Waals surface area contributed by atoms with Crippen molar-refractivity contribution in [3.63, 3.8) is 0 Å². The molecule has 0 saturated heterocycles. The van der Waals surface area contributed by atoms with Crippen molar-refractivity contribution in [3.8, 4) is 11.5 Å². The molecular formula is C18H21ClN2O3S. The lowest BCUT2D eigenvalue weighted by Gasteiger charge is -2.13. The lowest BCUT2D eigenvalue weighted by Crippen LogP contribution is -2.23. The van der Waals surface area contributed by atoms with Crippen LogP contribution in [0.3, 0.4) is 0 Å². The Bertz CT molecular complexity index is 740. The first kappa shape index (κ1) is 19.4. The summed E-state index contributed by atoms with van der Waals surface area (Å²) in [6.45, 7) is 4.75. The van der Waals surface area contributed by atoms with E-state index in [1.165, 1.54) is 0 Å². The molecule has 0 unspecified atom stereocenters. The summed E-state index contributed by atoms with van der Waals surface area (Å²) in [4.78, 5) is 16.6. The molecule has 0 saturated carbocycles. The van der Waals surface area contributed by atoms with E-state index in [0.29, 0.717) is 35.2 Å². The number of hydrogen-bond donors (Lipinski definition) is 1. The fraction of sp³-hybridized carbons (Fsp3) is 0.333. The molecule has 1 aromatic heterocycles. The van der Waals surface area contributed by atoms with Crippen molar-refractivity contribution >= 4 is 29.3 Å². The van der Waals surface area contributed by atoms with Crippen molar-refractivity contribution < 1.29 is 14.3 Å². The molecule has 0 radical (unpaired) electrons. The van der Waals surface area contributed by atoms with Crippen LogP contribution >= 0.6 is 23.4 Å². The Hall–Kier alpha value is -1.92. The van der Waals surface area contributed by atoms with Crippen molar-refractivity contribution in [2.24, 2.45) is 0 Å². The molecule has 2 aromatic rings. The number of thioether (sulfide) groups is 1. The topological polar surface area (TPSA) is 60.5 Å². The molecule has 5 nitrogen and oxygen atoms in total. The van der Waals surface area contributed by atoms with E-state index in [0.717, 1.165) is 16.3 Å². The van der Waals surface area contributed by atoms with Gasteiger partial charge in [-0.3, -0.25) is 4.79 Å². The second-order valence-corrected chi connectivity index (χ2v) is 6.73. The lowest BCUT2D eigenvalue weighted by atomic mass is 10.2. The molecule has 0 atom stereocenters. The summed E-state index contributed by atoms with van der Waals surface area (Å²) in [6, 6.07) is 7.05. The summed E-state index contributed by atoms with van der Waals surface area (Å²) in [5.41, 5.74) is 1.41. The summed E-state index contributed by atoms with van der Waals surface area (Å²) in [7, 11) is 1.56. The summed E-state index contributed by atoms with van der Waals surface area (Å²) in [5, 5.41) is 4.17. The molecule has 1 aromatic carbocycles. The number of carbonyl (C=O) groups excluding carboxylic acids is 1. The van der Waals surface area contributed by atoms with Gasteiger partial charge in [0.05, 0.1) is 23.8 Å². The number of halogens is 1. The van der Waals surface area contributed by atoms with Crippen molar-refractivity contribution in [2.75, 3.05) is 19.5 Å². The van der Waals surface area contributed by atoms with Crippen LogP contribution in [0.15, 0.2) is 35.5 Å². The van der Waals surface area contributed by atoms with Crippen LogP contribution in [-0.4, -0.2) is 30.4 Å². The molecule has 25 heavy (non-hydrogen) atoms. The first-order chi connectivity index (χ1) is 12.1. The lowest BCUT2D eigenvalue weighted by molar-refractivity contribution is 0.0950. The third-order valence-electron chi connectivity index (χ3n) is 3.32. The number of nitrogens with one attached hydrogen (secondary N) is 1. The number of amides is 1. The minimum atomic E-state index is -0.163. The number of nitrogens with zero attached hydrogens (tertiary/aromatic N) is 1. The highest BCUT2D eigenvalue weighted by atomic mass is 35.5. The molecule has 1 heterocycles. The Morgan fingerprint density at radius 3 is 2.80 bits per heavy atom. The number of benzene rings is 1. The number of aromatic nitrogens is 1. The molecule has 1 amide bonds. The van der Waals surface area contributed by atoms with Crippen molar-refractivity contribution in [1.29, 1.82) is 0 Å². The highest BCUT2D eigenvalue weighted by molar-refractivity contribution is 7.99. The smallest absolute Gasteiger partial charge is 0.251 e. The third-order valence-corrected chi connectivity index (χ3v) is 4.41. The summed E-state index contributed by atoms with van der Waals surface area (Å²) in [6.07, 6.45) is 1.64. The largest absolute Gasteiger partial charge is 0.493 e. The van der Waals surface area contributed by atoms with Crippen LogP contribution in [0.2, 0.25) is 5.02 Å². The van der Waals surface area contributed by atoms with E-state index in [1.54, 1.807) is 43.3 Å². The molecule has 0 aliphatic heterocycles. The zero-order valence-corrected chi connectivity index (χ0v) is 16.0. The molecule has 134 valence electrons. The van der Waals surface area contributed by atoms with Crippen LogP contribution in [0, 0.1) is 0 Å². The Balaban J connectivity index is 2.09. The van der Waals surface area contributed by atoms with E-state index in [1.807, 2.05) is 19.9 Å². The maximum atomic E-state index is 12.3. The molecule has 0 bridgehead atoms. The number of rotatable bonds is 8. The fourth-order valence-electron chi connectivity index (χ4n) is 2.22. The van der Waals surface area contributed by atoms with Gasteiger partial charge >= 0.3 is 0 Å². The Morgan fingerprint density at radius 2 is 2.12 bits per heavy atom. The SMILES string of the molecule is CCOc1c(Cl)cc(CNC(=O)c2ccnc(SCC)c2)cc1OC. The molecule has 2 rings (SSSR count). The molecular weight excluding hydrogens is 360 g/mol. The minimum absolute atomic E-state index is 0.163. The quantitative estimate of drug-likeness (QED) is 0.696. The van der Waals surface area contributed by atoms with Crippen molar-refractivity contribution in [3.05, 3.63) is 46.6 Å². The van der Waals surface area contributed by atoms with E-state index >= 15 is 0 Å². The number of pyridine rings is 1. The van der Waals surface area contributed by atoms with E-state index in [2.05, 4.69) is 10.3 Å². The van der Waals surface area contributed by atoms with Gasteiger partial charge < -0.3 is 14.8 Å². The molecule has 0 fully saturated rings. The zero-order chi connectivity index (χ0) is 18.2. The second kappa shape index (κ2) is 9.53. The molecule has 1 N–H and O–H groups in total. The summed E-state index contributed by atoms with van der Waals surface area (Å²) >= 11 is 7.85. The minimum Gasteiger partial charge on any atom is -0.493 e. The standard InChI is InChI=1S/C18H21ClN2O3S/c1-4-24-17-14(19)8-12(9-15(17)23-3)11-21-18(22)13-6-7-20-16(10-13)25-5-2/h6-10H,4-5,11H2,1-3H3,(H,21,22). The average molecular weight is 381 g/mol. The Labute approximate surface area is 157 Å². The monoisotopic (exact) mass is 380 g/mol. The predicted octanol–water partition coefficient (Wildman–Crippen LogP) is 4.18. The van der Waals surface area contributed by atoms with Gasteiger partial charge in [0.1, 0.15) is 0 Å². The summed E-state index contributed by atoms with van der Waals surface area (Å²) < 4.78 is 10.8. The van der Waals surface area contributed by atoms with Crippen molar-refractivity contribution in [2.45, 2.75) is 25.4 Å². The van der Waals surface area contributed by atoms with E-state index in [-0.39, 0.29) is 5.91 Å². The first-order valence-corrected chi connectivity index (χ1v) is 9.31. The number of ether oxygens (including phenoxy) is 2. The van der Waals surface area contributed by atoms with E-state index in [9.17, 15) is 4.79 Å². The Kier molecular flexibility index (Phi) is 7.40. The van der Waals surface area contributed by atoms with Gasteiger partial charge in [-0.2, -0.15) is 0 Å². The van der Waals surface area contributed by atoms with Crippen LogP contribution in [0.5, 0.6) is 11.5 Å². The van der Waals surface area contributed by atoms with Gasteiger partial charge in [-0.25, -0.2) is 4.98 Å².